The van der Waals surface area contributed by atoms with Crippen LogP contribution in [0.15, 0.2) is 23.3 Å². The van der Waals surface area contributed by atoms with Gasteiger partial charge in [0, 0.05) is 23.6 Å². The fraction of sp³-hybridized carbons (Fsp3) is 0.438. The maximum absolute atomic E-state index is 12.5. The van der Waals surface area contributed by atoms with Crippen LogP contribution in [0.5, 0.6) is 0 Å². The van der Waals surface area contributed by atoms with E-state index in [1.807, 2.05) is 0 Å². The number of anilines is 1. The van der Waals surface area contributed by atoms with Crippen molar-refractivity contribution in [2.75, 3.05) is 16.8 Å². The van der Waals surface area contributed by atoms with Gasteiger partial charge in [-0.2, -0.15) is 5.10 Å². The van der Waals surface area contributed by atoms with Crippen molar-refractivity contribution in [3.8, 4) is 0 Å². The second-order valence-electron chi connectivity index (χ2n) is 6.21. The molecule has 0 aliphatic carbocycles. The third-order valence-electron chi connectivity index (χ3n) is 4.39. The molecule has 0 unspecified atom stereocenters. The molecule has 134 valence electrons. The van der Waals surface area contributed by atoms with Crippen LogP contribution >= 0.6 is 11.6 Å². The summed E-state index contributed by atoms with van der Waals surface area (Å²) in [6, 6.07) is 4.70. The van der Waals surface area contributed by atoms with Gasteiger partial charge in [0.05, 0.1) is 17.5 Å². The number of nitrogens with one attached hydrogen (secondary N) is 1. The van der Waals surface area contributed by atoms with Gasteiger partial charge in [-0.1, -0.05) is 17.7 Å². The Labute approximate surface area is 150 Å². The first kappa shape index (κ1) is 17.9. The van der Waals surface area contributed by atoms with E-state index in [1.165, 1.54) is 5.01 Å². The van der Waals surface area contributed by atoms with Crippen LogP contribution in [0.3, 0.4) is 0 Å². The van der Waals surface area contributed by atoms with Crippen LogP contribution in [-0.4, -0.2) is 48.5 Å². The van der Waals surface area contributed by atoms with Crippen LogP contribution in [0.25, 0.3) is 0 Å². The van der Waals surface area contributed by atoms with Crippen LogP contribution in [-0.2, 0) is 19.4 Å². The van der Waals surface area contributed by atoms with Gasteiger partial charge in [0.1, 0.15) is 5.71 Å². The Morgan fingerprint density at radius 1 is 1.36 bits per heavy atom. The summed E-state index contributed by atoms with van der Waals surface area (Å²) in [6.07, 6.45) is 0.706. The Hall–Kier alpha value is -1.93. The molecule has 0 saturated carbocycles. The van der Waals surface area contributed by atoms with Crippen LogP contribution < -0.4 is 5.32 Å². The molecule has 1 atom stereocenters. The van der Waals surface area contributed by atoms with Crippen LogP contribution in [0.2, 0.25) is 5.02 Å². The highest BCUT2D eigenvalue weighted by Gasteiger charge is 2.37. The number of sulfone groups is 1. The van der Waals surface area contributed by atoms with E-state index >= 15 is 0 Å². The fourth-order valence-electron chi connectivity index (χ4n) is 2.93. The molecule has 1 saturated heterocycles. The Balaban J connectivity index is 1.79. The lowest BCUT2D eigenvalue weighted by Crippen LogP contribution is -2.42. The Morgan fingerprint density at radius 2 is 2.12 bits per heavy atom. The molecule has 2 heterocycles. The van der Waals surface area contributed by atoms with Crippen molar-refractivity contribution in [2.24, 2.45) is 5.10 Å². The van der Waals surface area contributed by atoms with E-state index in [-0.39, 0.29) is 36.0 Å². The van der Waals surface area contributed by atoms with E-state index in [1.54, 1.807) is 25.1 Å². The maximum Gasteiger partial charge on any atom is 0.271 e. The lowest BCUT2D eigenvalue weighted by Gasteiger charge is -2.27. The van der Waals surface area contributed by atoms with Gasteiger partial charge in [-0.3, -0.25) is 9.59 Å². The zero-order chi connectivity index (χ0) is 18.2. The standard InChI is InChI=1S/C16H18ClN3O4S/c1-10-12(17)3-2-4-13(10)18-16(22)14-5-6-15(21)20(19-14)11-7-8-25(23,24)9-11/h2-4,11H,5-9H2,1H3,(H,18,22)/t11-/m1/s1. The molecule has 2 amide bonds. The summed E-state index contributed by atoms with van der Waals surface area (Å²) >= 11 is 6.05. The number of benzene rings is 1. The summed E-state index contributed by atoms with van der Waals surface area (Å²) in [7, 11) is -3.14. The minimum absolute atomic E-state index is 0.0419. The maximum atomic E-state index is 12.5. The second kappa shape index (κ2) is 6.76. The molecule has 9 heteroatoms. The Kier molecular flexibility index (Phi) is 4.83. The number of rotatable bonds is 3. The van der Waals surface area contributed by atoms with Gasteiger partial charge in [0.15, 0.2) is 9.84 Å². The summed E-state index contributed by atoms with van der Waals surface area (Å²) in [4.78, 5) is 24.6. The molecule has 0 spiro atoms. The molecule has 2 aliphatic rings. The quantitative estimate of drug-likeness (QED) is 0.860. The minimum Gasteiger partial charge on any atom is -0.321 e. The van der Waals surface area contributed by atoms with Crippen LogP contribution in [0.4, 0.5) is 5.69 Å². The number of hydrazone groups is 1. The van der Waals surface area contributed by atoms with E-state index in [0.717, 1.165) is 5.56 Å². The number of hydrogen-bond donors (Lipinski definition) is 1. The van der Waals surface area contributed by atoms with Crippen molar-refractivity contribution < 1.29 is 18.0 Å². The Morgan fingerprint density at radius 3 is 2.80 bits per heavy atom. The molecule has 0 bridgehead atoms. The van der Waals surface area contributed by atoms with Crippen molar-refractivity contribution in [3.63, 3.8) is 0 Å². The SMILES string of the molecule is Cc1c(Cl)cccc1NC(=O)C1=NN([C@@H]2CCS(=O)(=O)C2)C(=O)CC1. The molecule has 0 aromatic heterocycles. The first-order chi connectivity index (χ1) is 11.8. The molecule has 7 nitrogen and oxygen atoms in total. The fourth-order valence-corrected chi connectivity index (χ4v) is 4.79. The molecule has 3 rings (SSSR count). The largest absolute Gasteiger partial charge is 0.321 e. The predicted molar refractivity (Wildman–Crippen MR) is 95.4 cm³/mol. The lowest BCUT2D eigenvalue weighted by molar-refractivity contribution is -0.133. The number of hydrogen-bond acceptors (Lipinski definition) is 5. The highest BCUT2D eigenvalue weighted by atomic mass is 35.5. The first-order valence-corrected chi connectivity index (χ1v) is 10.1. The van der Waals surface area contributed by atoms with Gasteiger partial charge < -0.3 is 5.32 Å². The molecule has 25 heavy (non-hydrogen) atoms. The third-order valence-corrected chi connectivity index (χ3v) is 6.55. The number of nitrogens with zero attached hydrogens (tertiary/aromatic N) is 2. The smallest absolute Gasteiger partial charge is 0.271 e. The zero-order valence-electron chi connectivity index (χ0n) is 13.7. The molecular formula is C16H18ClN3O4S. The molecule has 1 N–H and O–H groups in total. The molecule has 0 radical (unpaired) electrons. The van der Waals surface area contributed by atoms with E-state index in [2.05, 4.69) is 10.4 Å². The summed E-state index contributed by atoms with van der Waals surface area (Å²) in [5.74, 6) is -0.730. The number of carbonyl (C=O) groups is 2. The van der Waals surface area contributed by atoms with Crippen molar-refractivity contribution >= 4 is 44.7 Å². The van der Waals surface area contributed by atoms with E-state index < -0.39 is 21.8 Å². The first-order valence-electron chi connectivity index (χ1n) is 7.93. The van der Waals surface area contributed by atoms with Gasteiger partial charge in [-0.05, 0) is 31.0 Å². The summed E-state index contributed by atoms with van der Waals surface area (Å²) in [5.41, 5.74) is 1.53. The minimum atomic E-state index is -3.14. The Bertz CT molecular complexity index is 866. The van der Waals surface area contributed by atoms with Crippen molar-refractivity contribution in [2.45, 2.75) is 32.2 Å². The molecular weight excluding hydrogens is 366 g/mol. The average molecular weight is 384 g/mol. The summed E-state index contributed by atoms with van der Waals surface area (Å²) < 4.78 is 23.3. The summed E-state index contributed by atoms with van der Waals surface area (Å²) in [5, 5.41) is 8.61. The number of carbonyl (C=O) groups excluding carboxylic acids is 2. The normalized spacial score (nSPS) is 22.6. The molecule has 1 aromatic carbocycles. The molecule has 2 aliphatic heterocycles. The van der Waals surface area contributed by atoms with E-state index in [9.17, 15) is 18.0 Å². The highest BCUT2D eigenvalue weighted by molar-refractivity contribution is 7.91. The summed E-state index contributed by atoms with van der Waals surface area (Å²) in [6.45, 7) is 1.79. The molecule has 1 fully saturated rings. The van der Waals surface area contributed by atoms with E-state index in [0.29, 0.717) is 17.1 Å². The third kappa shape index (κ3) is 3.85. The molecule has 1 aromatic rings. The van der Waals surface area contributed by atoms with Gasteiger partial charge in [0.25, 0.3) is 5.91 Å². The van der Waals surface area contributed by atoms with Gasteiger partial charge in [-0.25, -0.2) is 13.4 Å². The topological polar surface area (TPSA) is 95.9 Å². The number of amides is 2. The van der Waals surface area contributed by atoms with Gasteiger partial charge in [-0.15, -0.1) is 0 Å². The second-order valence-corrected chi connectivity index (χ2v) is 8.84. The van der Waals surface area contributed by atoms with Crippen molar-refractivity contribution in [1.29, 1.82) is 0 Å². The number of halogens is 1. The monoisotopic (exact) mass is 383 g/mol. The van der Waals surface area contributed by atoms with Crippen molar-refractivity contribution in [3.05, 3.63) is 28.8 Å². The highest BCUT2D eigenvalue weighted by Crippen LogP contribution is 2.25. The average Bonchev–Trinajstić information content (AvgIpc) is 2.92. The van der Waals surface area contributed by atoms with Gasteiger partial charge in [0.2, 0.25) is 5.91 Å². The zero-order valence-corrected chi connectivity index (χ0v) is 15.2. The van der Waals surface area contributed by atoms with Crippen molar-refractivity contribution in [1.82, 2.24) is 5.01 Å². The van der Waals surface area contributed by atoms with Crippen LogP contribution in [0, 0.1) is 6.92 Å². The van der Waals surface area contributed by atoms with Gasteiger partial charge >= 0.3 is 0 Å². The predicted octanol–water partition coefficient (Wildman–Crippen LogP) is 1.75. The lowest BCUT2D eigenvalue weighted by atomic mass is 10.1. The van der Waals surface area contributed by atoms with E-state index in [4.69, 9.17) is 11.6 Å². The van der Waals surface area contributed by atoms with Crippen LogP contribution in [0.1, 0.15) is 24.8 Å².